The average molecular weight is 564 g/mol. The minimum Gasteiger partial charge on any atom is -0.497 e. The Morgan fingerprint density at radius 2 is 1.97 bits per heavy atom. The fourth-order valence-electron chi connectivity index (χ4n) is 3.95. The van der Waals surface area contributed by atoms with Gasteiger partial charge in [-0.1, -0.05) is 12.1 Å². The molecule has 1 aliphatic heterocycles. The van der Waals surface area contributed by atoms with Crippen LogP contribution in [0.5, 0.6) is 5.75 Å². The number of halogens is 2. The first-order chi connectivity index (χ1) is 15.7. The van der Waals surface area contributed by atoms with E-state index in [1.54, 1.807) is 25.5 Å². The van der Waals surface area contributed by atoms with Gasteiger partial charge in [0.1, 0.15) is 17.8 Å². The molecule has 1 N–H and O–H groups in total. The van der Waals surface area contributed by atoms with Crippen LogP contribution >= 0.6 is 24.0 Å². The molecule has 1 atom stereocenters. The molecule has 1 aromatic heterocycles. The van der Waals surface area contributed by atoms with Crippen LogP contribution in [0.3, 0.4) is 0 Å². The van der Waals surface area contributed by atoms with E-state index in [9.17, 15) is 4.39 Å². The van der Waals surface area contributed by atoms with Crippen LogP contribution in [0.1, 0.15) is 30.5 Å². The molecule has 1 unspecified atom stereocenters. The smallest absolute Gasteiger partial charge is 0.226 e. The van der Waals surface area contributed by atoms with Crippen molar-refractivity contribution < 1.29 is 13.5 Å². The SMILES string of the molecule is CCNC(=NCCc1coc(-c2ccc(F)cc2)n1)N1CCC(c2ccc(OC)cc2)C1.I. The molecule has 1 aliphatic rings. The van der Waals surface area contributed by atoms with Crippen molar-refractivity contribution >= 4 is 29.9 Å². The lowest BCUT2D eigenvalue weighted by Crippen LogP contribution is -2.40. The Hall–Kier alpha value is -2.62. The molecule has 0 radical (unpaired) electrons. The van der Waals surface area contributed by atoms with E-state index in [1.165, 1.54) is 17.7 Å². The quantitative estimate of drug-likeness (QED) is 0.246. The number of guanidine groups is 1. The van der Waals surface area contributed by atoms with Gasteiger partial charge in [-0.15, -0.1) is 24.0 Å². The molecule has 8 heteroatoms. The summed E-state index contributed by atoms with van der Waals surface area (Å²) in [7, 11) is 1.69. The number of hydrogen-bond donors (Lipinski definition) is 1. The second-order valence-electron chi connectivity index (χ2n) is 7.84. The number of rotatable bonds is 7. The van der Waals surface area contributed by atoms with Crippen LogP contribution in [-0.4, -0.2) is 49.1 Å². The molecule has 0 saturated carbocycles. The summed E-state index contributed by atoms with van der Waals surface area (Å²) >= 11 is 0. The number of oxazole rings is 1. The van der Waals surface area contributed by atoms with E-state index in [-0.39, 0.29) is 29.8 Å². The number of methoxy groups -OCH3 is 1. The van der Waals surface area contributed by atoms with E-state index >= 15 is 0 Å². The second kappa shape index (κ2) is 12.0. The second-order valence-corrected chi connectivity index (χ2v) is 7.84. The van der Waals surface area contributed by atoms with Gasteiger partial charge in [0.25, 0.3) is 0 Å². The van der Waals surface area contributed by atoms with Crippen LogP contribution in [0.2, 0.25) is 0 Å². The number of likely N-dealkylation sites (tertiary alicyclic amines) is 1. The molecule has 6 nitrogen and oxygen atoms in total. The molecular formula is C25H30FIN4O2. The Balaban J connectivity index is 0.00000306. The first-order valence-electron chi connectivity index (χ1n) is 11.0. The first kappa shape index (κ1) is 25.0. The van der Waals surface area contributed by atoms with Gasteiger partial charge in [-0.25, -0.2) is 9.37 Å². The zero-order chi connectivity index (χ0) is 22.3. The zero-order valence-corrected chi connectivity index (χ0v) is 21.3. The summed E-state index contributed by atoms with van der Waals surface area (Å²) in [6, 6.07) is 14.5. The van der Waals surface area contributed by atoms with E-state index < -0.39 is 0 Å². The summed E-state index contributed by atoms with van der Waals surface area (Å²) in [6.07, 6.45) is 3.42. The van der Waals surface area contributed by atoms with Crippen molar-refractivity contribution in [3.63, 3.8) is 0 Å². The number of aromatic nitrogens is 1. The minimum atomic E-state index is -0.276. The van der Waals surface area contributed by atoms with E-state index in [0.29, 0.717) is 24.8 Å². The fraction of sp³-hybridized carbons (Fsp3) is 0.360. The highest BCUT2D eigenvalue weighted by Gasteiger charge is 2.26. The van der Waals surface area contributed by atoms with Crippen LogP contribution in [0.15, 0.2) is 64.2 Å². The van der Waals surface area contributed by atoms with Gasteiger partial charge in [0.05, 0.1) is 12.8 Å². The number of benzene rings is 2. The topological polar surface area (TPSA) is 62.9 Å². The van der Waals surface area contributed by atoms with Gasteiger partial charge in [-0.3, -0.25) is 4.99 Å². The van der Waals surface area contributed by atoms with Crippen LogP contribution in [0, 0.1) is 5.82 Å². The summed E-state index contributed by atoms with van der Waals surface area (Å²) in [5, 5.41) is 3.41. The molecule has 2 aromatic carbocycles. The summed E-state index contributed by atoms with van der Waals surface area (Å²) in [6.45, 7) is 5.43. The normalized spacial score (nSPS) is 15.9. The number of nitrogens with zero attached hydrogens (tertiary/aromatic N) is 3. The highest BCUT2D eigenvalue weighted by molar-refractivity contribution is 14.0. The number of hydrogen-bond acceptors (Lipinski definition) is 4. The Bertz CT molecular complexity index is 1040. The minimum absolute atomic E-state index is 0. The van der Waals surface area contributed by atoms with Gasteiger partial charge in [0.15, 0.2) is 5.96 Å². The maximum Gasteiger partial charge on any atom is 0.226 e. The van der Waals surface area contributed by atoms with Gasteiger partial charge in [-0.2, -0.15) is 0 Å². The predicted octanol–water partition coefficient (Wildman–Crippen LogP) is 5.10. The van der Waals surface area contributed by atoms with Crippen molar-refractivity contribution in [2.24, 2.45) is 4.99 Å². The third-order valence-corrected chi connectivity index (χ3v) is 5.68. The lowest BCUT2D eigenvalue weighted by Gasteiger charge is -2.21. The standard InChI is InChI=1S/C25H29FN4O2.HI/c1-3-27-25(30-15-13-20(16-30)18-6-10-23(31-2)11-7-18)28-14-12-22-17-32-24(29-22)19-4-8-21(26)9-5-19;/h4-11,17,20H,3,12-16H2,1-2H3,(H,27,28);1H. The van der Waals surface area contributed by atoms with Crippen molar-refractivity contribution in [3.8, 4) is 17.2 Å². The summed E-state index contributed by atoms with van der Waals surface area (Å²) < 4.78 is 23.9. The Labute approximate surface area is 211 Å². The van der Waals surface area contributed by atoms with Crippen LogP contribution in [0.25, 0.3) is 11.5 Å². The van der Waals surface area contributed by atoms with Gasteiger partial charge < -0.3 is 19.4 Å². The van der Waals surface area contributed by atoms with Gasteiger partial charge in [0.2, 0.25) is 5.89 Å². The summed E-state index contributed by atoms with van der Waals surface area (Å²) in [5.74, 6) is 2.53. The molecule has 0 bridgehead atoms. The van der Waals surface area contributed by atoms with E-state index in [4.69, 9.17) is 14.1 Å². The van der Waals surface area contributed by atoms with Gasteiger partial charge in [-0.05, 0) is 55.3 Å². The Kier molecular flexibility index (Phi) is 9.11. The van der Waals surface area contributed by atoms with Crippen LogP contribution in [-0.2, 0) is 6.42 Å². The number of nitrogens with one attached hydrogen (secondary N) is 1. The largest absolute Gasteiger partial charge is 0.497 e. The molecular weight excluding hydrogens is 534 g/mol. The van der Waals surface area contributed by atoms with Crippen molar-refractivity contribution in [1.29, 1.82) is 0 Å². The molecule has 0 amide bonds. The van der Waals surface area contributed by atoms with E-state index in [0.717, 1.165) is 49.0 Å². The summed E-state index contributed by atoms with van der Waals surface area (Å²) in [5.41, 5.74) is 2.93. The molecule has 2 heterocycles. The van der Waals surface area contributed by atoms with Crippen molar-refractivity contribution in [1.82, 2.24) is 15.2 Å². The van der Waals surface area contributed by atoms with Gasteiger partial charge in [0, 0.05) is 44.1 Å². The fourth-order valence-corrected chi connectivity index (χ4v) is 3.95. The molecule has 4 rings (SSSR count). The number of ether oxygens (including phenoxy) is 1. The molecule has 33 heavy (non-hydrogen) atoms. The highest BCUT2D eigenvalue weighted by Crippen LogP contribution is 2.28. The zero-order valence-electron chi connectivity index (χ0n) is 19.0. The average Bonchev–Trinajstić information content (AvgIpc) is 3.49. The van der Waals surface area contributed by atoms with Gasteiger partial charge >= 0.3 is 0 Å². The predicted molar refractivity (Wildman–Crippen MR) is 139 cm³/mol. The monoisotopic (exact) mass is 564 g/mol. The molecule has 1 saturated heterocycles. The lowest BCUT2D eigenvalue weighted by atomic mass is 9.98. The first-order valence-corrected chi connectivity index (χ1v) is 11.0. The van der Waals surface area contributed by atoms with Crippen molar-refractivity contribution in [3.05, 3.63) is 71.9 Å². The Morgan fingerprint density at radius 3 is 2.67 bits per heavy atom. The molecule has 0 aliphatic carbocycles. The van der Waals surface area contributed by atoms with Crippen molar-refractivity contribution in [2.75, 3.05) is 33.3 Å². The third kappa shape index (κ3) is 6.46. The lowest BCUT2D eigenvalue weighted by molar-refractivity contribution is 0.414. The maximum absolute atomic E-state index is 13.1. The molecule has 3 aromatic rings. The maximum atomic E-state index is 13.1. The third-order valence-electron chi connectivity index (χ3n) is 5.68. The Morgan fingerprint density at radius 1 is 1.21 bits per heavy atom. The van der Waals surface area contributed by atoms with E-state index in [2.05, 4.69) is 34.3 Å². The van der Waals surface area contributed by atoms with Crippen LogP contribution in [0.4, 0.5) is 4.39 Å². The molecule has 176 valence electrons. The molecule has 1 fully saturated rings. The molecule has 0 spiro atoms. The number of aliphatic imine (C=N–C) groups is 1. The van der Waals surface area contributed by atoms with Crippen LogP contribution < -0.4 is 10.1 Å². The highest BCUT2D eigenvalue weighted by atomic mass is 127. The van der Waals surface area contributed by atoms with Crippen molar-refractivity contribution in [2.45, 2.75) is 25.7 Å². The van der Waals surface area contributed by atoms with E-state index in [1.807, 2.05) is 12.1 Å². The summed E-state index contributed by atoms with van der Waals surface area (Å²) in [4.78, 5) is 11.7.